The Labute approximate surface area is 229 Å². The van der Waals surface area contributed by atoms with Crippen LogP contribution in [0, 0.1) is 0 Å². The van der Waals surface area contributed by atoms with Gasteiger partial charge in [0.1, 0.15) is 11.5 Å². The van der Waals surface area contributed by atoms with Crippen LogP contribution in [0.4, 0.5) is 24.7 Å². The van der Waals surface area contributed by atoms with Gasteiger partial charge in [-0.1, -0.05) is 72.3 Å². The fourth-order valence-corrected chi connectivity index (χ4v) is 5.24. The number of fused-ring (bicyclic) bond motifs is 1. The Morgan fingerprint density at radius 1 is 1.11 bits per heavy atom. The van der Waals surface area contributed by atoms with Crippen molar-refractivity contribution in [3.8, 4) is 0 Å². The van der Waals surface area contributed by atoms with E-state index in [1.165, 1.54) is 18.2 Å². The zero-order valence-electron chi connectivity index (χ0n) is 19.6. The van der Waals surface area contributed by atoms with Gasteiger partial charge >= 0.3 is 6.18 Å². The van der Waals surface area contributed by atoms with Crippen LogP contribution in [0.3, 0.4) is 0 Å². The Kier molecular flexibility index (Phi) is 7.21. The smallest absolute Gasteiger partial charge is 0.368 e. The molecule has 3 aromatic carbocycles. The number of aromatic nitrogens is 2. The van der Waals surface area contributed by atoms with Gasteiger partial charge in [0, 0.05) is 28.3 Å². The molecule has 1 aromatic heterocycles. The summed E-state index contributed by atoms with van der Waals surface area (Å²) in [5, 5.41) is 21.4. The number of carbonyl (C=O) groups excluding carboxylic acids is 1. The third-order valence-electron chi connectivity index (χ3n) is 6.34. The number of nitrogens with zero attached hydrogens (tertiary/aromatic N) is 2. The molecule has 0 bridgehead atoms. The number of nitrogens with one attached hydrogen (secondary N) is 2. The number of anilines is 2. The van der Waals surface area contributed by atoms with E-state index in [0.29, 0.717) is 16.1 Å². The molecule has 0 amide bonds. The lowest BCUT2D eigenvalue weighted by Crippen LogP contribution is -2.35. The zero-order chi connectivity index (χ0) is 27.0. The summed E-state index contributed by atoms with van der Waals surface area (Å²) in [6, 6.07) is 19.4. The van der Waals surface area contributed by atoms with Crippen LogP contribution in [0.15, 0.2) is 83.3 Å². The lowest BCUT2D eigenvalue weighted by Gasteiger charge is -2.33. The maximum absolute atomic E-state index is 14.1. The van der Waals surface area contributed by atoms with E-state index in [1.807, 2.05) is 0 Å². The molecule has 196 valence electrons. The molecule has 38 heavy (non-hydrogen) atoms. The number of rotatable bonds is 6. The predicted octanol–water partition coefficient (Wildman–Crippen LogP) is 7.29. The van der Waals surface area contributed by atoms with Gasteiger partial charge in [-0.05, 0) is 39.7 Å². The van der Waals surface area contributed by atoms with Crippen LogP contribution in [0.1, 0.15) is 51.9 Å². The summed E-state index contributed by atoms with van der Waals surface area (Å²) in [4.78, 5) is 13.1. The molecule has 5 rings (SSSR count). The molecule has 1 aliphatic rings. The Hall–Kier alpha value is -3.34. The molecule has 4 aromatic rings. The average molecular weight is 606 g/mol. The van der Waals surface area contributed by atoms with Gasteiger partial charge in [-0.3, -0.25) is 4.79 Å². The lowest BCUT2D eigenvalue weighted by molar-refractivity contribution is -0.173. The first-order valence-electron chi connectivity index (χ1n) is 11.6. The van der Waals surface area contributed by atoms with Crippen molar-refractivity contribution in [2.75, 3.05) is 10.6 Å². The minimum absolute atomic E-state index is 0.0662. The van der Waals surface area contributed by atoms with Gasteiger partial charge in [-0.2, -0.15) is 18.3 Å². The number of aliphatic hydroxyl groups is 1. The second kappa shape index (κ2) is 10.4. The number of ketones is 1. The van der Waals surface area contributed by atoms with Gasteiger partial charge in [0.05, 0.1) is 10.5 Å². The molecule has 0 saturated carbocycles. The number of carbonyl (C=O) groups is 1. The standard InChI is InChI=1S/C27H21BrClF3N4O2/c28-22-23(26(38)34-19-12-11-17(29)13-18(19)24(37)16-9-5-2-6-10-16)35-36-21(27(30,31)32)14-20(33-25(22)36)15-7-3-1-4-8-15/h1-13,20-21,26,33-34,38H,14H2. The first-order valence-corrected chi connectivity index (χ1v) is 12.8. The third-order valence-corrected chi connectivity index (χ3v) is 7.35. The van der Waals surface area contributed by atoms with E-state index in [9.17, 15) is 23.1 Å². The maximum atomic E-state index is 14.1. The summed E-state index contributed by atoms with van der Waals surface area (Å²) in [5.41, 5.74) is 1.49. The minimum atomic E-state index is -4.57. The van der Waals surface area contributed by atoms with Crippen LogP contribution in [0.5, 0.6) is 0 Å². The summed E-state index contributed by atoms with van der Waals surface area (Å²) in [6.07, 6.45) is -6.39. The van der Waals surface area contributed by atoms with Crippen molar-refractivity contribution < 1.29 is 23.1 Å². The second-order valence-corrected chi connectivity index (χ2v) is 10.1. The van der Waals surface area contributed by atoms with Crippen LogP contribution in [0.2, 0.25) is 5.02 Å². The first-order chi connectivity index (χ1) is 18.1. The Bertz CT molecular complexity index is 1460. The SMILES string of the molecule is O=C(c1ccccc1)c1cc(Cl)ccc1NC(O)c1nn2c(c1Br)NC(c1ccccc1)CC2C(F)(F)F. The molecule has 0 aliphatic carbocycles. The van der Waals surface area contributed by atoms with Crippen molar-refractivity contribution in [1.29, 1.82) is 0 Å². The maximum Gasteiger partial charge on any atom is 0.410 e. The number of hydrogen-bond acceptors (Lipinski definition) is 5. The molecule has 0 saturated heterocycles. The van der Waals surface area contributed by atoms with Crippen molar-refractivity contribution >= 4 is 44.8 Å². The van der Waals surface area contributed by atoms with Crippen molar-refractivity contribution in [3.05, 3.63) is 111 Å². The summed E-state index contributed by atoms with van der Waals surface area (Å²) in [6.45, 7) is 0. The van der Waals surface area contributed by atoms with Crippen LogP contribution in [-0.4, -0.2) is 26.8 Å². The van der Waals surface area contributed by atoms with Crippen molar-refractivity contribution in [2.45, 2.75) is 30.9 Å². The van der Waals surface area contributed by atoms with E-state index in [0.717, 1.165) is 4.68 Å². The van der Waals surface area contributed by atoms with Crippen molar-refractivity contribution in [2.24, 2.45) is 0 Å². The highest BCUT2D eigenvalue weighted by Crippen LogP contribution is 2.47. The van der Waals surface area contributed by atoms with Gasteiger partial charge < -0.3 is 15.7 Å². The van der Waals surface area contributed by atoms with E-state index < -0.39 is 24.5 Å². The van der Waals surface area contributed by atoms with Crippen molar-refractivity contribution in [3.63, 3.8) is 0 Å². The highest BCUT2D eigenvalue weighted by molar-refractivity contribution is 9.10. The third kappa shape index (κ3) is 5.16. The topological polar surface area (TPSA) is 79.2 Å². The fraction of sp³-hybridized carbons (Fsp3) is 0.185. The second-order valence-electron chi connectivity index (χ2n) is 8.83. The van der Waals surface area contributed by atoms with Gasteiger partial charge in [0.25, 0.3) is 0 Å². The Morgan fingerprint density at radius 2 is 1.76 bits per heavy atom. The number of benzene rings is 3. The average Bonchev–Trinajstić information content (AvgIpc) is 3.25. The minimum Gasteiger partial charge on any atom is -0.368 e. The van der Waals surface area contributed by atoms with Crippen LogP contribution >= 0.6 is 27.5 Å². The summed E-state index contributed by atoms with van der Waals surface area (Å²) < 4.78 is 43.3. The zero-order valence-corrected chi connectivity index (χ0v) is 21.9. The number of halogens is 5. The summed E-state index contributed by atoms with van der Waals surface area (Å²) in [7, 11) is 0. The molecule has 3 atom stereocenters. The van der Waals surface area contributed by atoms with Gasteiger partial charge in [-0.25, -0.2) is 4.68 Å². The van der Waals surface area contributed by atoms with Crippen LogP contribution in [-0.2, 0) is 0 Å². The molecule has 0 fully saturated rings. The molecule has 0 spiro atoms. The fourth-order valence-electron chi connectivity index (χ4n) is 4.48. The predicted molar refractivity (Wildman–Crippen MR) is 142 cm³/mol. The van der Waals surface area contributed by atoms with E-state index in [4.69, 9.17) is 11.6 Å². The van der Waals surface area contributed by atoms with Crippen LogP contribution in [0.25, 0.3) is 0 Å². The molecule has 11 heteroatoms. The highest BCUT2D eigenvalue weighted by atomic mass is 79.9. The normalized spacial score (nSPS) is 17.8. The van der Waals surface area contributed by atoms with Crippen molar-refractivity contribution in [1.82, 2.24) is 9.78 Å². The van der Waals surface area contributed by atoms with E-state index in [2.05, 4.69) is 31.7 Å². The quantitative estimate of drug-likeness (QED) is 0.159. The van der Waals surface area contributed by atoms with E-state index in [-0.39, 0.29) is 39.4 Å². The highest BCUT2D eigenvalue weighted by Gasteiger charge is 2.47. The van der Waals surface area contributed by atoms with E-state index >= 15 is 0 Å². The number of aliphatic hydroxyl groups excluding tert-OH is 1. The van der Waals surface area contributed by atoms with Gasteiger partial charge in [0.15, 0.2) is 18.1 Å². The monoisotopic (exact) mass is 604 g/mol. The first kappa shape index (κ1) is 26.3. The van der Waals surface area contributed by atoms with Gasteiger partial charge in [0.2, 0.25) is 0 Å². The molecule has 1 aliphatic heterocycles. The Balaban J connectivity index is 1.49. The molecule has 2 heterocycles. The summed E-state index contributed by atoms with van der Waals surface area (Å²) in [5.74, 6) is -0.240. The largest absolute Gasteiger partial charge is 0.410 e. The summed E-state index contributed by atoms with van der Waals surface area (Å²) >= 11 is 9.48. The van der Waals surface area contributed by atoms with E-state index in [1.54, 1.807) is 60.7 Å². The molecular weight excluding hydrogens is 585 g/mol. The molecule has 0 radical (unpaired) electrons. The number of hydrogen-bond donors (Lipinski definition) is 3. The molecule has 3 unspecified atom stereocenters. The molecular formula is C27H21BrClF3N4O2. The van der Waals surface area contributed by atoms with Crippen LogP contribution < -0.4 is 10.6 Å². The van der Waals surface area contributed by atoms with Gasteiger partial charge in [-0.15, -0.1) is 0 Å². The lowest BCUT2D eigenvalue weighted by atomic mass is 9.97. The number of alkyl halides is 3. The Morgan fingerprint density at radius 3 is 2.42 bits per heavy atom. The molecule has 6 nitrogen and oxygen atoms in total. The molecule has 3 N–H and O–H groups in total.